The van der Waals surface area contributed by atoms with Crippen LogP contribution in [0.5, 0.6) is 11.5 Å². The van der Waals surface area contributed by atoms with Crippen LogP contribution in [0, 0.1) is 6.92 Å². The van der Waals surface area contributed by atoms with Crippen molar-refractivity contribution in [1.29, 1.82) is 0 Å². The molecule has 1 N–H and O–H groups in total. The highest BCUT2D eigenvalue weighted by molar-refractivity contribution is 6.31. The first-order valence-electron chi connectivity index (χ1n) is 9.55. The summed E-state index contributed by atoms with van der Waals surface area (Å²) in [5.74, 6) is 1.31. The molecule has 0 aliphatic heterocycles. The van der Waals surface area contributed by atoms with E-state index in [0.717, 1.165) is 29.8 Å². The molecule has 0 bridgehead atoms. The number of hydrogen-bond donors (Lipinski definition) is 1. The lowest BCUT2D eigenvalue weighted by molar-refractivity contribution is -0.122. The molecule has 4 nitrogen and oxygen atoms in total. The van der Waals surface area contributed by atoms with Crippen LogP contribution >= 0.6 is 11.6 Å². The van der Waals surface area contributed by atoms with Gasteiger partial charge in [0, 0.05) is 10.7 Å². The lowest BCUT2D eigenvalue weighted by Crippen LogP contribution is -2.32. The molecule has 0 aromatic heterocycles. The van der Waals surface area contributed by atoms with Crippen LogP contribution in [0.25, 0.3) is 0 Å². The lowest BCUT2D eigenvalue weighted by atomic mass is 10.2. The number of amides is 1. The number of aryl methyl sites for hydroxylation is 1. The molecule has 0 heterocycles. The highest BCUT2D eigenvalue weighted by atomic mass is 35.5. The Labute approximate surface area is 165 Å². The Balaban J connectivity index is 1.57. The predicted molar refractivity (Wildman–Crippen MR) is 109 cm³/mol. The van der Waals surface area contributed by atoms with Crippen LogP contribution in [0.2, 0.25) is 5.02 Å². The summed E-state index contributed by atoms with van der Waals surface area (Å²) in [6.07, 6.45) is 5.05. The van der Waals surface area contributed by atoms with Gasteiger partial charge in [-0.3, -0.25) is 4.79 Å². The number of carbonyl (C=O) groups is 1. The van der Waals surface area contributed by atoms with E-state index < -0.39 is 6.10 Å². The van der Waals surface area contributed by atoms with Gasteiger partial charge < -0.3 is 14.8 Å². The smallest absolute Gasteiger partial charge is 0.265 e. The van der Waals surface area contributed by atoms with Crippen molar-refractivity contribution < 1.29 is 14.3 Å². The third-order valence-corrected chi connectivity index (χ3v) is 5.22. The summed E-state index contributed by atoms with van der Waals surface area (Å²) >= 11 is 6.04. The molecule has 1 unspecified atom stereocenters. The van der Waals surface area contributed by atoms with Gasteiger partial charge in [0.1, 0.15) is 11.5 Å². The normalized spacial score (nSPS) is 15.4. The largest absolute Gasteiger partial charge is 0.490 e. The quantitative estimate of drug-likeness (QED) is 0.656. The number of hydrogen-bond acceptors (Lipinski definition) is 3. The maximum Gasteiger partial charge on any atom is 0.265 e. The van der Waals surface area contributed by atoms with Gasteiger partial charge in [0.05, 0.1) is 6.10 Å². The lowest BCUT2D eigenvalue weighted by Gasteiger charge is -2.18. The highest BCUT2D eigenvalue weighted by Gasteiger charge is 2.19. The van der Waals surface area contributed by atoms with Gasteiger partial charge in [-0.15, -0.1) is 0 Å². The number of benzene rings is 2. The van der Waals surface area contributed by atoms with Crippen molar-refractivity contribution in [3.05, 3.63) is 53.1 Å². The van der Waals surface area contributed by atoms with Crippen molar-refractivity contribution in [3.8, 4) is 11.5 Å². The van der Waals surface area contributed by atoms with E-state index >= 15 is 0 Å². The zero-order valence-electron chi connectivity index (χ0n) is 15.8. The molecule has 1 fully saturated rings. The summed E-state index contributed by atoms with van der Waals surface area (Å²) in [5, 5.41) is 3.59. The van der Waals surface area contributed by atoms with Gasteiger partial charge in [-0.05, 0) is 87.1 Å². The second-order valence-corrected chi connectivity index (χ2v) is 7.37. The monoisotopic (exact) mass is 387 g/mol. The maximum atomic E-state index is 12.6. The first kappa shape index (κ1) is 19.6. The number of ether oxygens (including phenoxy) is 2. The Bertz CT molecular complexity index is 770. The Morgan fingerprint density at radius 3 is 2.44 bits per heavy atom. The molecule has 5 heteroatoms. The SMILES string of the molecule is CCC(Oc1ccc(Cl)c(C)c1)C(=O)Nc1ccc(OC2CCCC2)cc1. The van der Waals surface area contributed by atoms with Crippen LogP contribution in [0.4, 0.5) is 5.69 Å². The third-order valence-electron chi connectivity index (χ3n) is 4.80. The second-order valence-electron chi connectivity index (χ2n) is 6.96. The summed E-state index contributed by atoms with van der Waals surface area (Å²) in [6, 6.07) is 12.9. The number of carbonyl (C=O) groups excluding carboxylic acids is 1. The molecule has 1 amide bonds. The minimum absolute atomic E-state index is 0.172. The van der Waals surface area contributed by atoms with Gasteiger partial charge in [0.2, 0.25) is 0 Å². The second kappa shape index (κ2) is 9.14. The highest BCUT2D eigenvalue weighted by Crippen LogP contribution is 2.26. The van der Waals surface area contributed by atoms with E-state index in [1.807, 2.05) is 44.2 Å². The van der Waals surface area contributed by atoms with Crippen molar-refractivity contribution in [1.82, 2.24) is 0 Å². The zero-order chi connectivity index (χ0) is 19.2. The molecule has 3 rings (SSSR count). The summed E-state index contributed by atoms with van der Waals surface area (Å²) in [4.78, 5) is 12.6. The molecule has 0 spiro atoms. The van der Waals surface area contributed by atoms with Crippen molar-refractivity contribution in [2.75, 3.05) is 5.32 Å². The summed E-state index contributed by atoms with van der Waals surface area (Å²) in [7, 11) is 0. The average Bonchev–Trinajstić information content (AvgIpc) is 3.17. The molecule has 1 aliphatic carbocycles. The van der Waals surface area contributed by atoms with Gasteiger partial charge in [-0.1, -0.05) is 18.5 Å². The Hall–Kier alpha value is -2.20. The van der Waals surface area contributed by atoms with Crippen molar-refractivity contribution in [2.45, 2.75) is 58.2 Å². The fourth-order valence-corrected chi connectivity index (χ4v) is 3.33. The fraction of sp³-hybridized carbons (Fsp3) is 0.409. The van der Waals surface area contributed by atoms with Crippen molar-refractivity contribution in [2.24, 2.45) is 0 Å². The van der Waals surface area contributed by atoms with Crippen LogP contribution in [-0.2, 0) is 4.79 Å². The van der Waals surface area contributed by atoms with E-state index in [1.54, 1.807) is 12.1 Å². The first-order valence-corrected chi connectivity index (χ1v) is 9.93. The van der Waals surface area contributed by atoms with Gasteiger partial charge in [0.25, 0.3) is 5.91 Å². The molecule has 2 aromatic carbocycles. The van der Waals surface area contributed by atoms with E-state index in [1.165, 1.54) is 12.8 Å². The number of anilines is 1. The molecule has 1 atom stereocenters. The topological polar surface area (TPSA) is 47.6 Å². The molecule has 2 aromatic rings. The summed E-state index contributed by atoms with van der Waals surface area (Å²) < 4.78 is 11.8. The van der Waals surface area contributed by atoms with Crippen LogP contribution < -0.4 is 14.8 Å². The molecule has 144 valence electrons. The van der Waals surface area contributed by atoms with Gasteiger partial charge in [-0.25, -0.2) is 0 Å². The molecule has 27 heavy (non-hydrogen) atoms. The molecule has 0 radical (unpaired) electrons. The van der Waals surface area contributed by atoms with Gasteiger partial charge >= 0.3 is 0 Å². The minimum Gasteiger partial charge on any atom is -0.490 e. The predicted octanol–water partition coefficient (Wildman–Crippen LogP) is 5.77. The van der Waals surface area contributed by atoms with E-state index in [0.29, 0.717) is 23.3 Å². The number of nitrogens with one attached hydrogen (secondary N) is 1. The maximum absolute atomic E-state index is 12.6. The number of halogens is 1. The van der Waals surface area contributed by atoms with Crippen LogP contribution in [-0.4, -0.2) is 18.1 Å². The summed E-state index contributed by atoms with van der Waals surface area (Å²) in [6.45, 7) is 3.83. The van der Waals surface area contributed by atoms with Crippen LogP contribution in [0.1, 0.15) is 44.6 Å². The molecule has 1 aliphatic rings. The minimum atomic E-state index is -0.569. The van der Waals surface area contributed by atoms with Gasteiger partial charge in [-0.2, -0.15) is 0 Å². The van der Waals surface area contributed by atoms with Gasteiger partial charge in [0.15, 0.2) is 6.10 Å². The van der Waals surface area contributed by atoms with E-state index in [2.05, 4.69) is 5.32 Å². The number of rotatable bonds is 7. The fourth-order valence-electron chi connectivity index (χ4n) is 3.22. The third kappa shape index (κ3) is 5.39. The summed E-state index contributed by atoms with van der Waals surface area (Å²) in [5.41, 5.74) is 1.65. The van der Waals surface area contributed by atoms with Crippen LogP contribution in [0.15, 0.2) is 42.5 Å². The zero-order valence-corrected chi connectivity index (χ0v) is 16.6. The molecular formula is C22H26ClNO3. The van der Waals surface area contributed by atoms with E-state index in [4.69, 9.17) is 21.1 Å². The van der Waals surface area contributed by atoms with E-state index in [9.17, 15) is 4.79 Å². The van der Waals surface area contributed by atoms with Crippen molar-refractivity contribution >= 4 is 23.2 Å². The molecule has 1 saturated carbocycles. The Kier molecular flexibility index (Phi) is 6.62. The molecular weight excluding hydrogens is 362 g/mol. The van der Waals surface area contributed by atoms with E-state index in [-0.39, 0.29) is 5.91 Å². The Morgan fingerprint density at radius 2 is 1.81 bits per heavy atom. The average molecular weight is 388 g/mol. The van der Waals surface area contributed by atoms with Crippen molar-refractivity contribution in [3.63, 3.8) is 0 Å². The Morgan fingerprint density at radius 1 is 1.15 bits per heavy atom. The molecule has 0 saturated heterocycles. The standard InChI is InChI=1S/C22H26ClNO3/c1-3-21(27-19-12-13-20(23)15(2)14-19)22(25)24-16-8-10-18(11-9-16)26-17-6-4-5-7-17/h8-14,17,21H,3-7H2,1-2H3,(H,24,25). The van der Waals surface area contributed by atoms with Crippen LogP contribution in [0.3, 0.4) is 0 Å². The first-order chi connectivity index (χ1) is 13.0.